The van der Waals surface area contributed by atoms with Crippen molar-refractivity contribution in [2.45, 2.75) is 32.4 Å². The van der Waals surface area contributed by atoms with Crippen LogP contribution in [0, 0.1) is 35.5 Å². The zero-order valence-electron chi connectivity index (χ0n) is 23.0. The van der Waals surface area contributed by atoms with Gasteiger partial charge in [0.15, 0.2) is 0 Å². The lowest BCUT2D eigenvalue weighted by Gasteiger charge is -2.45. The number of aromatic hydroxyl groups is 1. The Morgan fingerprint density at radius 2 is 1.49 bits per heavy atom. The van der Waals surface area contributed by atoms with Gasteiger partial charge in [-0.15, -0.1) is 22.7 Å². The molecule has 0 bridgehead atoms. The molecule has 3 aromatic rings. The lowest BCUT2D eigenvalue weighted by molar-refractivity contribution is -0.142. The van der Waals surface area contributed by atoms with Gasteiger partial charge >= 0.3 is 0 Å². The maximum atomic E-state index is 14.1. The molecule has 8 rings (SSSR count). The van der Waals surface area contributed by atoms with Gasteiger partial charge < -0.3 is 9.84 Å². The van der Waals surface area contributed by atoms with E-state index in [4.69, 9.17) is 4.74 Å². The lowest BCUT2D eigenvalue weighted by atomic mass is 9.56. The number of benzene rings is 1. The van der Waals surface area contributed by atoms with Crippen molar-refractivity contribution in [2.75, 3.05) is 0 Å². The smallest absolute Gasteiger partial charge is 0.234 e. The average Bonchev–Trinajstić information content (AvgIpc) is 3.80. The predicted octanol–water partition coefficient (Wildman–Crippen LogP) is 4.90. The van der Waals surface area contributed by atoms with Gasteiger partial charge in [-0.2, -0.15) is 0 Å². The number of carbonyl (C=O) groups excluding carboxylic acids is 4. The Morgan fingerprint density at radius 3 is 2.16 bits per heavy atom. The molecule has 218 valence electrons. The number of phenolic OH excluding ortho intramolecular Hbond substituents is 1. The van der Waals surface area contributed by atoms with E-state index in [1.54, 1.807) is 24.5 Å². The third-order valence-corrected chi connectivity index (χ3v) is 11.5. The highest BCUT2D eigenvalue weighted by atomic mass is 32.1. The number of phenols is 1. The minimum absolute atomic E-state index is 0.123. The van der Waals surface area contributed by atoms with Crippen LogP contribution in [0.3, 0.4) is 0 Å². The quantitative estimate of drug-likeness (QED) is 0.325. The summed E-state index contributed by atoms with van der Waals surface area (Å²) in [7, 11) is 0. The number of likely N-dealkylation sites (tertiary alicyclic amines) is 2. The Morgan fingerprint density at radius 1 is 0.814 bits per heavy atom. The maximum Gasteiger partial charge on any atom is 0.234 e. The lowest BCUT2D eigenvalue weighted by Crippen LogP contribution is -2.45. The molecule has 1 N–H and O–H groups in total. The van der Waals surface area contributed by atoms with Crippen molar-refractivity contribution in [3.63, 3.8) is 0 Å². The van der Waals surface area contributed by atoms with Crippen molar-refractivity contribution in [2.24, 2.45) is 35.5 Å². The van der Waals surface area contributed by atoms with Gasteiger partial charge in [-0.05, 0) is 65.4 Å². The third-order valence-electron chi connectivity index (χ3n) is 9.79. The first-order valence-corrected chi connectivity index (χ1v) is 16.3. The Kier molecular flexibility index (Phi) is 6.20. The van der Waals surface area contributed by atoms with E-state index in [2.05, 4.69) is 6.08 Å². The molecule has 0 spiro atoms. The number of hydrogen-bond donors (Lipinski definition) is 1. The molecule has 2 aliphatic carbocycles. The zero-order chi connectivity index (χ0) is 29.4. The minimum Gasteiger partial charge on any atom is -0.508 e. The summed E-state index contributed by atoms with van der Waals surface area (Å²) in [5.41, 5.74) is 2.60. The highest BCUT2D eigenvalue weighted by molar-refractivity contribution is 7.10. The molecular weight excluding hydrogens is 585 g/mol. The molecule has 43 heavy (non-hydrogen) atoms. The Labute approximate surface area is 255 Å². The first kappa shape index (κ1) is 26.6. The fraction of sp³-hybridized carbons (Fsp3) is 0.333. The van der Waals surface area contributed by atoms with Crippen molar-refractivity contribution in [3.8, 4) is 11.5 Å². The van der Waals surface area contributed by atoms with Crippen LogP contribution in [0.4, 0.5) is 0 Å². The van der Waals surface area contributed by atoms with Crippen molar-refractivity contribution >= 4 is 46.3 Å². The number of imide groups is 2. The van der Waals surface area contributed by atoms with Crippen LogP contribution in [-0.2, 0) is 38.7 Å². The fourth-order valence-electron chi connectivity index (χ4n) is 7.97. The highest BCUT2D eigenvalue weighted by Gasteiger charge is 2.62. The van der Waals surface area contributed by atoms with Gasteiger partial charge in [-0.25, -0.2) is 0 Å². The minimum atomic E-state index is -0.616. The topological polar surface area (TPSA) is 104 Å². The maximum absolute atomic E-state index is 14.1. The molecule has 5 heterocycles. The summed E-state index contributed by atoms with van der Waals surface area (Å²) in [6.45, 7) is 0.480. The molecule has 0 radical (unpaired) electrons. The highest BCUT2D eigenvalue weighted by Crippen LogP contribution is 2.57. The van der Waals surface area contributed by atoms with Gasteiger partial charge in [-0.3, -0.25) is 29.0 Å². The summed E-state index contributed by atoms with van der Waals surface area (Å²) < 4.78 is 6.01. The van der Waals surface area contributed by atoms with Crippen molar-refractivity contribution in [1.82, 2.24) is 9.80 Å². The van der Waals surface area contributed by atoms with Gasteiger partial charge in [0.1, 0.15) is 11.5 Å². The monoisotopic (exact) mass is 612 g/mol. The second-order valence-corrected chi connectivity index (χ2v) is 14.1. The number of allylic oxidation sites excluding steroid dienone is 3. The molecule has 3 fully saturated rings. The molecule has 0 unspecified atom stereocenters. The van der Waals surface area contributed by atoms with Crippen LogP contribution < -0.4 is 4.74 Å². The van der Waals surface area contributed by atoms with Crippen molar-refractivity contribution in [1.29, 1.82) is 0 Å². The van der Waals surface area contributed by atoms with E-state index in [0.717, 1.165) is 26.5 Å². The first-order valence-electron chi connectivity index (χ1n) is 14.5. The summed E-state index contributed by atoms with van der Waals surface area (Å²) >= 11 is 3.02. The molecule has 3 aliphatic heterocycles. The number of amides is 4. The van der Waals surface area contributed by atoms with Crippen LogP contribution in [0.25, 0.3) is 0 Å². The molecule has 2 aromatic heterocycles. The normalized spacial score (nSPS) is 29.5. The van der Waals surface area contributed by atoms with Crippen LogP contribution in [0.1, 0.15) is 28.2 Å². The molecule has 6 atom stereocenters. The second kappa shape index (κ2) is 10.0. The molecule has 5 aliphatic rings. The summed E-state index contributed by atoms with van der Waals surface area (Å²) in [5, 5.41) is 14.0. The Hall–Kier alpha value is -4.02. The van der Waals surface area contributed by atoms with E-state index in [1.807, 2.05) is 35.0 Å². The first-order chi connectivity index (χ1) is 20.9. The molecule has 1 aromatic carbocycles. The van der Waals surface area contributed by atoms with Gasteiger partial charge in [0, 0.05) is 27.7 Å². The average molecular weight is 613 g/mol. The number of fused-ring (bicyclic) bond motifs is 5. The number of rotatable bonds is 5. The summed E-state index contributed by atoms with van der Waals surface area (Å²) in [6, 6.07) is 12.6. The van der Waals surface area contributed by atoms with Crippen LogP contribution in [0.2, 0.25) is 0 Å². The van der Waals surface area contributed by atoms with E-state index < -0.39 is 29.6 Å². The molecular formula is C33H28N2O6S2. The van der Waals surface area contributed by atoms with Gasteiger partial charge in [0.25, 0.3) is 0 Å². The predicted molar refractivity (Wildman–Crippen MR) is 159 cm³/mol. The standard InChI is InChI=1S/C33H28N2O6S2/c36-19-5-8-26-17(12-19)11-18(16-41-26)27-22-6-7-23-28(32(39)34(30(23)37)14-20-3-1-9-42-20)24(22)13-25-29(27)33(40)35(31(25)38)15-21-4-2-10-43-21/h1-6,8-10,12,16,23-25,27-29,36H,7,11,13-15H2/t23-,24+,25+,27-,28-,29+/m0/s1. The second-order valence-electron chi connectivity index (χ2n) is 12.0. The van der Waals surface area contributed by atoms with E-state index in [0.29, 0.717) is 25.0 Å². The van der Waals surface area contributed by atoms with Crippen LogP contribution in [-0.4, -0.2) is 38.5 Å². The van der Waals surface area contributed by atoms with Crippen molar-refractivity contribution in [3.05, 3.63) is 92.0 Å². The molecule has 4 amide bonds. The van der Waals surface area contributed by atoms with E-state index >= 15 is 0 Å². The van der Waals surface area contributed by atoms with Crippen LogP contribution in [0.5, 0.6) is 11.5 Å². The molecule has 1 saturated carbocycles. The SMILES string of the molecule is O=C1[C@H]2[C@H](CC=C3[C@H](C4=COc5ccc(O)cc5C4)[C@@H]4C(=O)N(Cc5cccs5)C(=O)[C@@H]4C[C@H]32)C(=O)N1Cc1cccs1. The van der Waals surface area contributed by atoms with Crippen LogP contribution >= 0.6 is 22.7 Å². The largest absolute Gasteiger partial charge is 0.508 e. The fourth-order valence-corrected chi connectivity index (χ4v) is 9.36. The summed E-state index contributed by atoms with van der Waals surface area (Å²) in [6.07, 6.45) is 4.96. The van der Waals surface area contributed by atoms with E-state index in [9.17, 15) is 24.3 Å². The Bertz CT molecular complexity index is 1730. The summed E-state index contributed by atoms with van der Waals surface area (Å²) in [4.78, 5) is 60.3. The van der Waals surface area contributed by atoms with Gasteiger partial charge in [-0.1, -0.05) is 23.8 Å². The molecule has 10 heteroatoms. The number of hydrogen-bond acceptors (Lipinski definition) is 8. The van der Waals surface area contributed by atoms with Gasteiger partial charge in [0.2, 0.25) is 23.6 Å². The van der Waals surface area contributed by atoms with Crippen LogP contribution in [0.15, 0.2) is 76.7 Å². The van der Waals surface area contributed by atoms with Gasteiger partial charge in [0.05, 0.1) is 43.0 Å². The number of thiophene rings is 2. The zero-order valence-corrected chi connectivity index (χ0v) is 24.7. The summed E-state index contributed by atoms with van der Waals surface area (Å²) in [5.74, 6) is -3.03. The number of ether oxygens (including phenoxy) is 1. The molecule has 2 saturated heterocycles. The number of carbonyl (C=O) groups is 4. The third kappa shape index (κ3) is 4.14. The van der Waals surface area contributed by atoms with E-state index in [-0.39, 0.29) is 48.4 Å². The molecule has 8 nitrogen and oxygen atoms in total. The number of nitrogens with zero attached hydrogens (tertiary/aromatic N) is 2. The Balaban J connectivity index is 1.18. The van der Waals surface area contributed by atoms with E-state index in [1.165, 1.54) is 32.5 Å². The van der Waals surface area contributed by atoms with Crippen molar-refractivity contribution < 1.29 is 29.0 Å².